The molecule has 1 aromatic carbocycles. The third kappa shape index (κ3) is 4.52. The summed E-state index contributed by atoms with van der Waals surface area (Å²) in [5.41, 5.74) is 1.21. The molecule has 0 aromatic heterocycles. The van der Waals surface area contributed by atoms with Crippen LogP contribution in [0.3, 0.4) is 0 Å². The minimum absolute atomic E-state index is 0.0562. The molecule has 1 aliphatic heterocycles. The van der Waals surface area contributed by atoms with Gasteiger partial charge in [-0.15, -0.1) is 0 Å². The minimum Gasteiger partial charge on any atom is -0.393 e. The Hall–Kier alpha value is -1.46. The molecule has 1 N–H and O–H groups in total. The number of carbonyl (C=O) groups excluding carboxylic acids is 1. The monoisotopic (exact) mass is 308 g/mol. The number of ketones is 1. The second kappa shape index (κ2) is 7.70. The van der Waals surface area contributed by atoms with Gasteiger partial charge in [0.1, 0.15) is 5.82 Å². The van der Waals surface area contributed by atoms with Gasteiger partial charge in [-0.25, -0.2) is 4.39 Å². The molecule has 1 aliphatic rings. The van der Waals surface area contributed by atoms with Crippen LogP contribution in [0, 0.1) is 5.82 Å². The number of piperidine rings is 1. The molecule has 0 saturated carbocycles. The molecule has 5 heteroatoms. The Morgan fingerprint density at radius 3 is 2.68 bits per heavy atom. The van der Waals surface area contributed by atoms with Gasteiger partial charge in [0.25, 0.3) is 0 Å². The minimum atomic E-state index is -0.327. The van der Waals surface area contributed by atoms with E-state index in [9.17, 15) is 14.3 Å². The summed E-state index contributed by atoms with van der Waals surface area (Å²) in [4.78, 5) is 16.4. The van der Waals surface area contributed by atoms with Crippen LogP contribution in [0.1, 0.15) is 36.0 Å². The Kier molecular flexibility index (Phi) is 5.91. The van der Waals surface area contributed by atoms with Gasteiger partial charge in [0.2, 0.25) is 0 Å². The molecule has 1 aromatic rings. The Labute approximate surface area is 131 Å². The molecule has 0 atom stereocenters. The number of carbonyl (C=O) groups is 1. The molecular formula is C17H25FN2O2. The topological polar surface area (TPSA) is 43.8 Å². The highest BCUT2D eigenvalue weighted by atomic mass is 19.1. The SMILES string of the molecule is CN(C)c1cc(F)ccc1C(=O)CCCN1CCC(O)CC1. The van der Waals surface area contributed by atoms with Crippen LogP contribution in [0.2, 0.25) is 0 Å². The van der Waals surface area contributed by atoms with E-state index in [-0.39, 0.29) is 17.7 Å². The lowest BCUT2D eigenvalue weighted by Gasteiger charge is -2.29. The van der Waals surface area contributed by atoms with Gasteiger partial charge in [0.15, 0.2) is 5.78 Å². The fourth-order valence-electron chi connectivity index (χ4n) is 2.85. The van der Waals surface area contributed by atoms with Crippen molar-refractivity contribution in [2.45, 2.75) is 31.8 Å². The first-order valence-electron chi connectivity index (χ1n) is 7.88. The van der Waals surface area contributed by atoms with Gasteiger partial charge in [0.05, 0.1) is 6.10 Å². The lowest BCUT2D eigenvalue weighted by molar-refractivity contribution is 0.0800. The summed E-state index contributed by atoms with van der Waals surface area (Å²) in [5, 5.41) is 9.48. The van der Waals surface area contributed by atoms with Gasteiger partial charge < -0.3 is 14.9 Å². The van der Waals surface area contributed by atoms with Crippen molar-refractivity contribution in [1.82, 2.24) is 4.90 Å². The number of nitrogens with zero attached hydrogens (tertiary/aromatic N) is 2. The normalized spacial score (nSPS) is 16.7. The maximum Gasteiger partial charge on any atom is 0.165 e. The van der Waals surface area contributed by atoms with Crippen LogP contribution < -0.4 is 4.90 Å². The Balaban J connectivity index is 1.87. The van der Waals surface area contributed by atoms with Gasteiger partial charge in [-0.05, 0) is 44.0 Å². The summed E-state index contributed by atoms with van der Waals surface area (Å²) >= 11 is 0. The second-order valence-corrected chi connectivity index (χ2v) is 6.16. The molecule has 0 bridgehead atoms. The van der Waals surface area contributed by atoms with Crippen LogP contribution in [0.25, 0.3) is 0 Å². The first kappa shape index (κ1) is 16.9. The van der Waals surface area contributed by atoms with Crippen molar-refractivity contribution in [2.24, 2.45) is 0 Å². The summed E-state index contributed by atoms with van der Waals surface area (Å²) < 4.78 is 13.3. The van der Waals surface area contributed by atoms with Crippen LogP contribution >= 0.6 is 0 Å². The van der Waals surface area contributed by atoms with Crippen molar-refractivity contribution in [2.75, 3.05) is 38.6 Å². The van der Waals surface area contributed by atoms with Crippen LogP contribution in [-0.4, -0.2) is 55.6 Å². The maximum absolute atomic E-state index is 13.3. The Morgan fingerprint density at radius 2 is 2.05 bits per heavy atom. The first-order chi connectivity index (χ1) is 10.5. The molecule has 22 heavy (non-hydrogen) atoms. The van der Waals surface area contributed by atoms with E-state index in [1.807, 2.05) is 14.1 Å². The molecule has 0 amide bonds. The van der Waals surface area contributed by atoms with Gasteiger partial charge in [-0.1, -0.05) is 0 Å². The first-order valence-corrected chi connectivity index (χ1v) is 7.88. The van der Waals surface area contributed by atoms with E-state index in [1.165, 1.54) is 12.1 Å². The van der Waals surface area contributed by atoms with E-state index in [2.05, 4.69) is 4.90 Å². The van der Waals surface area contributed by atoms with Crippen molar-refractivity contribution in [3.8, 4) is 0 Å². The number of Topliss-reactive ketones (excluding diaryl/α,β-unsaturated/α-hetero) is 1. The average Bonchev–Trinajstić information content (AvgIpc) is 2.49. The van der Waals surface area contributed by atoms with E-state index in [4.69, 9.17) is 0 Å². The molecule has 2 rings (SSSR count). The second-order valence-electron chi connectivity index (χ2n) is 6.16. The predicted octanol–water partition coefficient (Wildman–Crippen LogP) is 2.31. The van der Waals surface area contributed by atoms with Gasteiger partial charge in [-0.2, -0.15) is 0 Å². The molecule has 1 fully saturated rings. The number of likely N-dealkylation sites (tertiary alicyclic amines) is 1. The largest absolute Gasteiger partial charge is 0.393 e. The molecule has 0 aliphatic carbocycles. The van der Waals surface area contributed by atoms with Gasteiger partial charge in [-0.3, -0.25) is 4.79 Å². The maximum atomic E-state index is 13.3. The van der Waals surface area contributed by atoms with Crippen LogP contribution in [-0.2, 0) is 0 Å². The van der Waals surface area contributed by atoms with Crippen molar-refractivity contribution in [1.29, 1.82) is 0 Å². The number of aliphatic hydroxyl groups excluding tert-OH is 1. The van der Waals surface area contributed by atoms with E-state index >= 15 is 0 Å². The fourth-order valence-corrected chi connectivity index (χ4v) is 2.85. The average molecular weight is 308 g/mol. The van der Waals surface area contributed by atoms with E-state index in [0.717, 1.165) is 38.9 Å². The zero-order valence-electron chi connectivity index (χ0n) is 13.4. The number of hydrogen-bond donors (Lipinski definition) is 1. The van der Waals surface area contributed by atoms with Crippen molar-refractivity contribution >= 4 is 11.5 Å². The molecule has 1 heterocycles. The van der Waals surface area contributed by atoms with Crippen molar-refractivity contribution in [3.63, 3.8) is 0 Å². The number of aliphatic hydroxyl groups is 1. The summed E-state index contributed by atoms with van der Waals surface area (Å²) in [6.45, 7) is 2.67. The molecule has 0 unspecified atom stereocenters. The lowest BCUT2D eigenvalue weighted by Crippen LogP contribution is -2.36. The lowest BCUT2D eigenvalue weighted by atomic mass is 10.0. The Morgan fingerprint density at radius 1 is 1.36 bits per heavy atom. The number of benzene rings is 1. The summed E-state index contributed by atoms with van der Waals surface area (Å²) in [6.07, 6.45) is 2.72. The molecule has 1 saturated heterocycles. The number of halogens is 1. The molecule has 0 spiro atoms. The van der Waals surface area contributed by atoms with E-state index < -0.39 is 0 Å². The van der Waals surface area contributed by atoms with Crippen LogP contribution in [0.5, 0.6) is 0 Å². The van der Waals surface area contributed by atoms with E-state index in [1.54, 1.807) is 11.0 Å². The molecule has 122 valence electrons. The van der Waals surface area contributed by atoms with Gasteiger partial charge >= 0.3 is 0 Å². The zero-order chi connectivity index (χ0) is 16.1. The third-order valence-electron chi connectivity index (χ3n) is 4.18. The van der Waals surface area contributed by atoms with Gasteiger partial charge in [0, 0.05) is 44.9 Å². The highest BCUT2D eigenvalue weighted by Crippen LogP contribution is 2.22. The van der Waals surface area contributed by atoms with Crippen molar-refractivity contribution < 1.29 is 14.3 Å². The summed E-state index contributed by atoms with van der Waals surface area (Å²) in [6, 6.07) is 4.32. The summed E-state index contributed by atoms with van der Waals surface area (Å²) in [7, 11) is 3.62. The highest BCUT2D eigenvalue weighted by molar-refractivity contribution is 6.01. The van der Waals surface area contributed by atoms with Crippen LogP contribution in [0.4, 0.5) is 10.1 Å². The van der Waals surface area contributed by atoms with Crippen molar-refractivity contribution in [3.05, 3.63) is 29.6 Å². The number of rotatable bonds is 6. The third-order valence-corrected chi connectivity index (χ3v) is 4.18. The Bertz CT molecular complexity index is 511. The quantitative estimate of drug-likeness (QED) is 0.819. The number of hydrogen-bond acceptors (Lipinski definition) is 4. The molecule has 0 radical (unpaired) electrons. The molecule has 4 nitrogen and oxygen atoms in total. The fraction of sp³-hybridized carbons (Fsp3) is 0.588. The highest BCUT2D eigenvalue weighted by Gasteiger charge is 2.18. The zero-order valence-corrected chi connectivity index (χ0v) is 13.4. The van der Waals surface area contributed by atoms with Crippen LogP contribution in [0.15, 0.2) is 18.2 Å². The predicted molar refractivity (Wildman–Crippen MR) is 86.0 cm³/mol. The number of anilines is 1. The standard InChI is InChI=1S/C17H25FN2O2/c1-19(2)16-12-13(18)5-6-15(16)17(22)4-3-9-20-10-7-14(21)8-11-20/h5-6,12,14,21H,3-4,7-11H2,1-2H3. The molecular weight excluding hydrogens is 283 g/mol. The summed E-state index contributed by atoms with van der Waals surface area (Å²) in [5.74, 6) is -0.270. The van der Waals surface area contributed by atoms with E-state index in [0.29, 0.717) is 17.7 Å². The smallest absolute Gasteiger partial charge is 0.165 e.